The van der Waals surface area contributed by atoms with Crippen molar-refractivity contribution in [3.63, 3.8) is 0 Å². The molecule has 3 rings (SSSR count). The minimum absolute atomic E-state index is 0.0928. The van der Waals surface area contributed by atoms with Crippen LogP contribution in [0.3, 0.4) is 0 Å². The summed E-state index contributed by atoms with van der Waals surface area (Å²) in [6.45, 7) is 10.3. The van der Waals surface area contributed by atoms with Crippen molar-refractivity contribution in [2.75, 3.05) is 0 Å². The summed E-state index contributed by atoms with van der Waals surface area (Å²) < 4.78 is 5.36. The van der Waals surface area contributed by atoms with E-state index in [1.807, 2.05) is 44.2 Å². The van der Waals surface area contributed by atoms with Crippen molar-refractivity contribution in [2.24, 2.45) is 0 Å². The van der Waals surface area contributed by atoms with Gasteiger partial charge in [0.05, 0.1) is 0 Å². The average Bonchev–Trinajstić information content (AvgIpc) is 3.11. The van der Waals surface area contributed by atoms with Crippen molar-refractivity contribution >= 4 is 5.91 Å². The monoisotopic (exact) mass is 363 g/mol. The normalized spacial score (nSPS) is 12.6. The van der Waals surface area contributed by atoms with Crippen LogP contribution in [0.25, 0.3) is 11.4 Å². The van der Waals surface area contributed by atoms with Crippen LogP contribution in [0.1, 0.15) is 61.1 Å². The van der Waals surface area contributed by atoms with Gasteiger partial charge in [-0.25, -0.2) is 0 Å². The summed E-state index contributed by atoms with van der Waals surface area (Å²) in [7, 11) is 0. The number of aromatic nitrogens is 2. The number of carbonyl (C=O) groups excluding carboxylic acids is 1. The molecule has 0 spiro atoms. The van der Waals surface area contributed by atoms with Gasteiger partial charge in [0, 0.05) is 11.1 Å². The van der Waals surface area contributed by atoms with Crippen molar-refractivity contribution in [3.05, 3.63) is 71.1 Å². The maximum absolute atomic E-state index is 12.4. The largest absolute Gasteiger partial charge is 0.341 e. The predicted octanol–water partition coefficient (Wildman–Crippen LogP) is 4.83. The van der Waals surface area contributed by atoms with Gasteiger partial charge < -0.3 is 9.84 Å². The Kier molecular flexibility index (Phi) is 5.13. The molecule has 0 radical (unpaired) electrons. The van der Waals surface area contributed by atoms with Crippen molar-refractivity contribution in [1.82, 2.24) is 15.5 Å². The van der Waals surface area contributed by atoms with Crippen LogP contribution in [0.5, 0.6) is 0 Å². The number of amides is 1. The molecule has 1 N–H and O–H groups in total. The van der Waals surface area contributed by atoms with Crippen LogP contribution < -0.4 is 5.32 Å². The highest BCUT2D eigenvalue weighted by Crippen LogP contribution is 2.25. The average molecular weight is 363 g/mol. The number of nitrogens with one attached hydrogen (secondary N) is 1. The van der Waals surface area contributed by atoms with E-state index in [1.165, 1.54) is 5.56 Å². The van der Waals surface area contributed by atoms with Gasteiger partial charge in [0.2, 0.25) is 11.7 Å². The third kappa shape index (κ3) is 4.42. The molecule has 2 aromatic carbocycles. The summed E-state index contributed by atoms with van der Waals surface area (Å²) in [5.74, 6) is 0.730. The summed E-state index contributed by atoms with van der Waals surface area (Å²) in [6.07, 6.45) is 0. The number of aryl methyl sites for hydroxylation is 1. The van der Waals surface area contributed by atoms with Crippen molar-refractivity contribution in [1.29, 1.82) is 0 Å². The van der Waals surface area contributed by atoms with Crippen molar-refractivity contribution < 1.29 is 9.32 Å². The van der Waals surface area contributed by atoms with Crippen LogP contribution in [0, 0.1) is 6.92 Å². The molecule has 27 heavy (non-hydrogen) atoms. The number of carbonyl (C=O) groups is 1. The second-order valence-corrected chi connectivity index (χ2v) is 7.85. The lowest BCUT2D eigenvalue weighted by molar-refractivity contribution is 0.0932. The molecule has 0 bridgehead atoms. The Hall–Kier alpha value is -2.95. The third-order valence-corrected chi connectivity index (χ3v) is 4.45. The summed E-state index contributed by atoms with van der Waals surface area (Å²) in [5.41, 5.74) is 3.87. The fourth-order valence-electron chi connectivity index (χ4n) is 2.78. The van der Waals surface area contributed by atoms with Crippen LogP contribution in [0.15, 0.2) is 53.1 Å². The van der Waals surface area contributed by atoms with E-state index in [9.17, 15) is 4.79 Å². The predicted molar refractivity (Wildman–Crippen MR) is 105 cm³/mol. The van der Waals surface area contributed by atoms with Gasteiger partial charge in [-0.3, -0.25) is 4.79 Å². The van der Waals surface area contributed by atoms with Gasteiger partial charge in [-0.1, -0.05) is 67.9 Å². The minimum atomic E-state index is -0.381. The van der Waals surface area contributed by atoms with E-state index in [1.54, 1.807) is 6.07 Å². The molecular weight excluding hydrogens is 338 g/mol. The smallest absolute Gasteiger partial charge is 0.251 e. The maximum atomic E-state index is 12.4. The SMILES string of the molecule is Cc1cccc(C(=O)NC(C)c2nc(-c3ccc(C(C)(C)C)cc3)no2)c1. The maximum Gasteiger partial charge on any atom is 0.251 e. The number of rotatable bonds is 4. The highest BCUT2D eigenvalue weighted by molar-refractivity contribution is 5.94. The van der Waals surface area contributed by atoms with Crippen LogP contribution in [0.2, 0.25) is 0 Å². The van der Waals surface area contributed by atoms with Crippen LogP contribution >= 0.6 is 0 Å². The summed E-state index contributed by atoms with van der Waals surface area (Å²) in [5, 5.41) is 6.95. The van der Waals surface area contributed by atoms with Crippen LogP contribution in [0.4, 0.5) is 0 Å². The Labute approximate surface area is 159 Å². The van der Waals surface area contributed by atoms with Gasteiger partial charge >= 0.3 is 0 Å². The zero-order chi connectivity index (χ0) is 19.6. The molecule has 1 unspecified atom stereocenters. The lowest BCUT2D eigenvalue weighted by atomic mass is 9.87. The van der Waals surface area contributed by atoms with Gasteiger partial charge in [0.25, 0.3) is 5.91 Å². The molecule has 5 nitrogen and oxygen atoms in total. The second kappa shape index (κ2) is 7.35. The van der Waals surface area contributed by atoms with Gasteiger partial charge in [0.15, 0.2) is 0 Å². The van der Waals surface area contributed by atoms with Gasteiger partial charge in [-0.05, 0) is 37.0 Å². The zero-order valence-electron chi connectivity index (χ0n) is 16.4. The van der Waals surface area contributed by atoms with E-state index >= 15 is 0 Å². The molecule has 0 saturated heterocycles. The van der Waals surface area contributed by atoms with E-state index in [2.05, 4.69) is 48.4 Å². The first-order valence-electron chi connectivity index (χ1n) is 9.06. The third-order valence-electron chi connectivity index (χ3n) is 4.45. The highest BCUT2D eigenvalue weighted by Gasteiger charge is 2.19. The van der Waals surface area contributed by atoms with Crippen LogP contribution in [-0.4, -0.2) is 16.0 Å². The first-order chi connectivity index (χ1) is 12.7. The molecular formula is C22H25N3O2. The first-order valence-corrected chi connectivity index (χ1v) is 9.06. The Morgan fingerprint density at radius 2 is 1.81 bits per heavy atom. The molecule has 140 valence electrons. The number of hydrogen-bond acceptors (Lipinski definition) is 4. The lowest BCUT2D eigenvalue weighted by Crippen LogP contribution is -2.26. The summed E-state index contributed by atoms with van der Waals surface area (Å²) in [4.78, 5) is 16.8. The first kappa shape index (κ1) is 18.8. The summed E-state index contributed by atoms with van der Waals surface area (Å²) in [6, 6.07) is 15.2. The number of hydrogen-bond donors (Lipinski definition) is 1. The van der Waals surface area contributed by atoms with E-state index in [4.69, 9.17) is 4.52 Å². The topological polar surface area (TPSA) is 68.0 Å². The zero-order valence-corrected chi connectivity index (χ0v) is 16.4. The van der Waals surface area contributed by atoms with Gasteiger partial charge in [0.1, 0.15) is 6.04 Å². The van der Waals surface area contributed by atoms with E-state index in [0.29, 0.717) is 17.3 Å². The molecule has 0 aliphatic rings. The molecule has 1 heterocycles. The molecule has 0 aliphatic heterocycles. The van der Waals surface area contributed by atoms with Crippen LogP contribution in [-0.2, 0) is 5.41 Å². The molecule has 3 aromatic rings. The second-order valence-electron chi connectivity index (χ2n) is 7.85. The van der Waals surface area contributed by atoms with Gasteiger partial charge in [-0.15, -0.1) is 0 Å². The van der Waals surface area contributed by atoms with E-state index in [-0.39, 0.29) is 17.4 Å². The Morgan fingerprint density at radius 3 is 2.44 bits per heavy atom. The molecule has 1 atom stereocenters. The lowest BCUT2D eigenvalue weighted by Gasteiger charge is -2.18. The van der Waals surface area contributed by atoms with Crippen molar-refractivity contribution in [3.8, 4) is 11.4 Å². The molecule has 0 fully saturated rings. The highest BCUT2D eigenvalue weighted by atomic mass is 16.5. The quantitative estimate of drug-likeness (QED) is 0.720. The molecule has 0 saturated carbocycles. The van der Waals surface area contributed by atoms with E-state index in [0.717, 1.165) is 11.1 Å². The fraction of sp³-hybridized carbons (Fsp3) is 0.318. The number of benzene rings is 2. The molecule has 5 heteroatoms. The molecule has 0 aliphatic carbocycles. The Balaban J connectivity index is 1.72. The summed E-state index contributed by atoms with van der Waals surface area (Å²) >= 11 is 0. The minimum Gasteiger partial charge on any atom is -0.341 e. The van der Waals surface area contributed by atoms with Gasteiger partial charge in [-0.2, -0.15) is 4.98 Å². The fourth-order valence-corrected chi connectivity index (χ4v) is 2.78. The molecule has 1 aromatic heterocycles. The van der Waals surface area contributed by atoms with Crippen molar-refractivity contribution in [2.45, 2.75) is 46.1 Å². The standard InChI is InChI=1S/C22H25N3O2/c1-14-7-6-8-17(13-14)20(26)23-15(2)21-24-19(25-27-21)16-9-11-18(12-10-16)22(3,4)5/h6-13,15H,1-5H3,(H,23,26). The Morgan fingerprint density at radius 1 is 1.11 bits per heavy atom. The Bertz CT molecular complexity index is 937. The number of nitrogens with zero attached hydrogens (tertiary/aromatic N) is 2. The molecule has 1 amide bonds. The van der Waals surface area contributed by atoms with E-state index < -0.39 is 0 Å².